The molecule has 1 heterocycles. The molecule has 3 rings (SSSR count). The van der Waals surface area contributed by atoms with Gasteiger partial charge in [0, 0.05) is 30.2 Å². The molecule has 1 aliphatic heterocycles. The lowest BCUT2D eigenvalue weighted by atomic mass is 9.81. The second kappa shape index (κ2) is 9.43. The molecule has 0 aromatic heterocycles. The summed E-state index contributed by atoms with van der Waals surface area (Å²) in [6.45, 7) is 2.95. The van der Waals surface area contributed by atoms with E-state index >= 15 is 0 Å². The summed E-state index contributed by atoms with van der Waals surface area (Å²) in [5.74, 6) is -2.46. The normalized spacial score (nSPS) is 16.7. The Hall–Kier alpha value is -3.69. The van der Waals surface area contributed by atoms with Crippen LogP contribution in [0.5, 0.6) is 0 Å². The van der Waals surface area contributed by atoms with Crippen LogP contribution < -0.4 is 0 Å². The van der Waals surface area contributed by atoms with E-state index in [1.165, 1.54) is 48.2 Å². The molecule has 0 N–H and O–H groups in total. The summed E-state index contributed by atoms with van der Waals surface area (Å²) in [7, 11) is 0. The molecule has 33 heavy (non-hydrogen) atoms. The standard InChI is InChI=1S/C23H21F3N2O5/c1-3-33-22(30)21-14(2)27(13-15-7-6-8-16(11-15)28(31)32)20(29)12-18(21)17-9-4-5-10-19(17)23(24,25)26/h4-11,18H,3,12-13H2,1-2H3/t18-/m1/s1. The van der Waals surface area contributed by atoms with Gasteiger partial charge in [-0.25, -0.2) is 4.79 Å². The van der Waals surface area contributed by atoms with Crippen LogP contribution in [0.2, 0.25) is 0 Å². The molecule has 2 aromatic rings. The molecule has 0 aliphatic carbocycles. The highest BCUT2D eigenvalue weighted by Gasteiger charge is 2.42. The first kappa shape index (κ1) is 24.0. The molecule has 10 heteroatoms. The number of amides is 1. The van der Waals surface area contributed by atoms with Crippen LogP contribution in [-0.4, -0.2) is 28.3 Å². The molecule has 1 amide bonds. The number of nitro groups is 1. The van der Waals surface area contributed by atoms with Crippen LogP contribution in [0.15, 0.2) is 59.8 Å². The van der Waals surface area contributed by atoms with Crippen molar-refractivity contribution in [1.82, 2.24) is 4.90 Å². The number of alkyl halides is 3. The van der Waals surface area contributed by atoms with Crippen molar-refractivity contribution < 1.29 is 32.4 Å². The molecule has 174 valence electrons. The number of hydrogen-bond acceptors (Lipinski definition) is 5. The molecule has 0 unspecified atom stereocenters. The van der Waals surface area contributed by atoms with Gasteiger partial charge >= 0.3 is 12.1 Å². The summed E-state index contributed by atoms with van der Waals surface area (Å²) in [6.07, 6.45) is -5.05. The van der Waals surface area contributed by atoms with Crippen LogP contribution in [0.4, 0.5) is 18.9 Å². The van der Waals surface area contributed by atoms with E-state index in [4.69, 9.17) is 4.74 Å². The van der Waals surface area contributed by atoms with Gasteiger partial charge in [-0.15, -0.1) is 0 Å². The average Bonchev–Trinajstić information content (AvgIpc) is 2.76. The zero-order valence-corrected chi connectivity index (χ0v) is 17.9. The highest BCUT2D eigenvalue weighted by molar-refractivity contribution is 5.96. The first-order valence-corrected chi connectivity index (χ1v) is 10.1. The lowest BCUT2D eigenvalue weighted by Gasteiger charge is -2.35. The Kier molecular flexibility index (Phi) is 6.85. The van der Waals surface area contributed by atoms with Crippen molar-refractivity contribution in [2.24, 2.45) is 0 Å². The predicted octanol–water partition coefficient (Wildman–Crippen LogP) is 4.97. The third-order valence-electron chi connectivity index (χ3n) is 5.42. The quantitative estimate of drug-likeness (QED) is 0.344. The minimum Gasteiger partial charge on any atom is -0.463 e. The minimum absolute atomic E-state index is 0.00206. The van der Waals surface area contributed by atoms with E-state index in [1.54, 1.807) is 13.0 Å². The Labute approximate surface area is 187 Å². The van der Waals surface area contributed by atoms with Crippen molar-refractivity contribution >= 4 is 17.6 Å². The molecule has 0 radical (unpaired) electrons. The monoisotopic (exact) mass is 462 g/mol. The molecule has 0 fully saturated rings. The number of carbonyl (C=O) groups is 2. The minimum atomic E-state index is -4.67. The number of ether oxygens (including phenoxy) is 1. The Balaban J connectivity index is 2.10. The van der Waals surface area contributed by atoms with Crippen molar-refractivity contribution in [1.29, 1.82) is 0 Å². The van der Waals surface area contributed by atoms with E-state index in [2.05, 4.69) is 0 Å². The number of hydrogen-bond donors (Lipinski definition) is 0. The summed E-state index contributed by atoms with van der Waals surface area (Å²) in [4.78, 5) is 37.6. The average molecular weight is 462 g/mol. The zero-order valence-electron chi connectivity index (χ0n) is 17.9. The fraction of sp³-hybridized carbons (Fsp3) is 0.304. The Morgan fingerprint density at radius 1 is 1.21 bits per heavy atom. The Bertz CT molecular complexity index is 1130. The highest BCUT2D eigenvalue weighted by atomic mass is 19.4. The Morgan fingerprint density at radius 3 is 2.55 bits per heavy atom. The molecule has 0 bridgehead atoms. The van der Waals surface area contributed by atoms with Gasteiger partial charge in [0.15, 0.2) is 0 Å². The number of esters is 1. The lowest BCUT2D eigenvalue weighted by molar-refractivity contribution is -0.384. The van der Waals surface area contributed by atoms with Gasteiger partial charge in [0.25, 0.3) is 5.69 Å². The number of nitrogens with zero attached hydrogens (tertiary/aromatic N) is 2. The molecular weight excluding hydrogens is 441 g/mol. The van der Waals surface area contributed by atoms with E-state index in [-0.39, 0.29) is 42.1 Å². The largest absolute Gasteiger partial charge is 0.463 e. The molecule has 1 aliphatic rings. The number of non-ortho nitro benzene ring substituents is 1. The van der Waals surface area contributed by atoms with Crippen molar-refractivity contribution in [3.8, 4) is 0 Å². The van der Waals surface area contributed by atoms with Gasteiger partial charge in [-0.3, -0.25) is 14.9 Å². The van der Waals surface area contributed by atoms with Gasteiger partial charge < -0.3 is 9.64 Å². The highest BCUT2D eigenvalue weighted by Crippen LogP contribution is 2.43. The summed E-state index contributed by atoms with van der Waals surface area (Å²) in [5.41, 5.74) is -0.729. The number of carbonyl (C=O) groups excluding carboxylic acids is 2. The fourth-order valence-electron chi connectivity index (χ4n) is 3.95. The van der Waals surface area contributed by atoms with Gasteiger partial charge in [-0.2, -0.15) is 13.2 Å². The topological polar surface area (TPSA) is 89.8 Å². The van der Waals surface area contributed by atoms with Crippen LogP contribution >= 0.6 is 0 Å². The molecule has 2 aromatic carbocycles. The second-order valence-electron chi connectivity index (χ2n) is 7.47. The van der Waals surface area contributed by atoms with E-state index in [1.807, 2.05) is 0 Å². The van der Waals surface area contributed by atoms with Crippen LogP contribution in [-0.2, 0) is 27.0 Å². The number of rotatable bonds is 6. The van der Waals surface area contributed by atoms with Crippen LogP contribution in [0, 0.1) is 10.1 Å². The number of allylic oxidation sites excluding steroid dienone is 1. The maximum atomic E-state index is 13.7. The van der Waals surface area contributed by atoms with Gasteiger partial charge in [0.05, 0.1) is 29.2 Å². The lowest BCUT2D eigenvalue weighted by Crippen LogP contribution is -2.38. The van der Waals surface area contributed by atoms with Crippen molar-refractivity contribution in [3.05, 3.63) is 86.6 Å². The van der Waals surface area contributed by atoms with E-state index in [9.17, 15) is 32.9 Å². The zero-order chi connectivity index (χ0) is 24.3. The summed E-state index contributed by atoms with van der Waals surface area (Å²) in [6, 6.07) is 10.5. The SMILES string of the molecule is CCOC(=O)C1=C(C)N(Cc2cccc([N+](=O)[O-])c2)C(=O)C[C@@H]1c1ccccc1C(F)(F)F. The van der Waals surface area contributed by atoms with Crippen molar-refractivity contribution in [2.75, 3.05) is 6.61 Å². The molecule has 1 atom stereocenters. The van der Waals surface area contributed by atoms with Gasteiger partial charge in [-0.05, 0) is 31.0 Å². The Morgan fingerprint density at radius 2 is 1.91 bits per heavy atom. The molecular formula is C23H21F3N2O5. The summed E-state index contributed by atoms with van der Waals surface area (Å²) in [5, 5.41) is 11.1. The van der Waals surface area contributed by atoms with Crippen LogP contribution in [0.1, 0.15) is 42.9 Å². The van der Waals surface area contributed by atoms with E-state index < -0.39 is 34.5 Å². The number of benzene rings is 2. The van der Waals surface area contributed by atoms with E-state index in [0.29, 0.717) is 5.56 Å². The molecule has 7 nitrogen and oxygen atoms in total. The maximum absolute atomic E-state index is 13.7. The number of nitro benzene ring substituents is 1. The first-order chi connectivity index (χ1) is 15.5. The number of halogens is 3. The molecule has 0 saturated heterocycles. The van der Waals surface area contributed by atoms with E-state index in [0.717, 1.165) is 6.07 Å². The maximum Gasteiger partial charge on any atom is 0.416 e. The summed E-state index contributed by atoms with van der Waals surface area (Å²) < 4.78 is 46.1. The van der Waals surface area contributed by atoms with Gasteiger partial charge in [-0.1, -0.05) is 30.3 Å². The fourth-order valence-corrected chi connectivity index (χ4v) is 3.95. The molecule has 0 spiro atoms. The predicted molar refractivity (Wildman–Crippen MR) is 112 cm³/mol. The molecule has 0 saturated carbocycles. The van der Waals surface area contributed by atoms with Crippen molar-refractivity contribution in [2.45, 2.75) is 38.9 Å². The third-order valence-corrected chi connectivity index (χ3v) is 5.42. The van der Waals surface area contributed by atoms with Gasteiger partial charge in [0.2, 0.25) is 5.91 Å². The smallest absolute Gasteiger partial charge is 0.416 e. The van der Waals surface area contributed by atoms with Crippen LogP contribution in [0.25, 0.3) is 0 Å². The van der Waals surface area contributed by atoms with Gasteiger partial charge in [0.1, 0.15) is 0 Å². The van der Waals surface area contributed by atoms with Crippen LogP contribution in [0.3, 0.4) is 0 Å². The second-order valence-corrected chi connectivity index (χ2v) is 7.47. The van der Waals surface area contributed by atoms with Crippen molar-refractivity contribution in [3.63, 3.8) is 0 Å². The summed E-state index contributed by atoms with van der Waals surface area (Å²) >= 11 is 0. The third kappa shape index (κ3) is 5.05. The first-order valence-electron chi connectivity index (χ1n) is 10.1.